The lowest BCUT2D eigenvalue weighted by atomic mass is 9.79. The number of nitrogens with zero attached hydrogens (tertiary/aromatic N) is 2. The second-order valence-corrected chi connectivity index (χ2v) is 17.8. The van der Waals surface area contributed by atoms with Crippen LogP contribution in [0, 0.1) is 22.0 Å². The molecule has 2 aliphatic rings. The molecular weight excluding hydrogens is 526 g/mol. The predicted molar refractivity (Wildman–Crippen MR) is 148 cm³/mol. The van der Waals surface area contributed by atoms with E-state index in [2.05, 4.69) is 39.2 Å². The average Bonchev–Trinajstić information content (AvgIpc) is 3.28. The molecule has 1 aromatic carbocycles. The van der Waals surface area contributed by atoms with Crippen molar-refractivity contribution in [3.8, 4) is 0 Å². The molecule has 2 fully saturated rings. The van der Waals surface area contributed by atoms with Crippen molar-refractivity contribution in [3.63, 3.8) is 0 Å². The van der Waals surface area contributed by atoms with Gasteiger partial charge in [0.15, 0.2) is 13.4 Å². The smallest absolute Gasteiger partial charge is 0.410 e. The number of benzene rings is 1. The third-order valence-corrected chi connectivity index (χ3v) is 13.8. The first-order valence-electron chi connectivity index (χ1n) is 12.9. The van der Waals surface area contributed by atoms with E-state index in [1.165, 1.54) is 23.9 Å². The topological polar surface area (TPSA) is 128 Å². The van der Waals surface area contributed by atoms with E-state index in [0.29, 0.717) is 25.1 Å². The van der Waals surface area contributed by atoms with Crippen LogP contribution in [0.3, 0.4) is 0 Å². The van der Waals surface area contributed by atoms with E-state index in [4.69, 9.17) is 9.16 Å². The molecule has 2 heterocycles. The van der Waals surface area contributed by atoms with E-state index in [1.807, 2.05) is 13.8 Å². The first-order valence-corrected chi connectivity index (χ1v) is 16.7. The van der Waals surface area contributed by atoms with E-state index < -0.39 is 19.3 Å². The summed E-state index contributed by atoms with van der Waals surface area (Å²) in [6, 6.07) is 5.57. The van der Waals surface area contributed by atoms with Crippen LogP contribution in [0.2, 0.25) is 18.1 Å². The Kier molecular flexibility index (Phi) is 9.31. The van der Waals surface area contributed by atoms with Crippen LogP contribution in [-0.4, -0.2) is 65.7 Å². The van der Waals surface area contributed by atoms with Gasteiger partial charge in [0.25, 0.3) is 5.69 Å². The first-order chi connectivity index (χ1) is 17.6. The fourth-order valence-corrected chi connectivity index (χ4v) is 7.03. The Morgan fingerprint density at radius 2 is 1.87 bits per heavy atom. The third-order valence-electron chi connectivity index (χ3n) is 7.90. The first kappa shape index (κ1) is 30.1. The number of nitro groups is 1. The van der Waals surface area contributed by atoms with Crippen molar-refractivity contribution in [3.05, 3.63) is 39.9 Å². The van der Waals surface area contributed by atoms with Crippen LogP contribution in [0.1, 0.15) is 46.6 Å². The van der Waals surface area contributed by atoms with E-state index in [0.717, 1.165) is 0 Å². The highest BCUT2D eigenvalue weighted by molar-refractivity contribution is 8.14. The second-order valence-electron chi connectivity index (χ2n) is 11.7. The number of rotatable bonds is 9. The molecule has 38 heavy (non-hydrogen) atoms. The Morgan fingerprint density at radius 1 is 1.24 bits per heavy atom. The summed E-state index contributed by atoms with van der Waals surface area (Å²) in [5, 5.41) is 13.6. The lowest BCUT2D eigenvalue weighted by molar-refractivity contribution is -0.384. The summed E-state index contributed by atoms with van der Waals surface area (Å²) in [6.07, 6.45) is -0.0848. The van der Waals surface area contributed by atoms with Gasteiger partial charge in [0, 0.05) is 36.4 Å². The molecule has 0 aromatic heterocycles. The summed E-state index contributed by atoms with van der Waals surface area (Å²) < 4.78 is 11.8. The van der Waals surface area contributed by atoms with Gasteiger partial charge in [-0.05, 0) is 49.2 Å². The summed E-state index contributed by atoms with van der Waals surface area (Å²) in [7, 11) is -2.06. The average molecular weight is 566 g/mol. The van der Waals surface area contributed by atoms with Gasteiger partial charge in [-0.3, -0.25) is 19.7 Å². The summed E-state index contributed by atoms with van der Waals surface area (Å²) >= 11 is 1.23. The Labute approximate surface area is 229 Å². The fourth-order valence-electron chi connectivity index (χ4n) is 4.43. The summed E-state index contributed by atoms with van der Waals surface area (Å²) in [5.74, 6) is -0.817. The minimum atomic E-state index is -2.06. The third kappa shape index (κ3) is 6.95. The van der Waals surface area contributed by atoms with Crippen molar-refractivity contribution in [2.45, 2.75) is 83.2 Å². The highest BCUT2D eigenvalue weighted by Crippen LogP contribution is 2.40. The number of ether oxygens (including phenoxy) is 1. The molecule has 0 spiro atoms. The zero-order valence-electron chi connectivity index (χ0n) is 23.2. The predicted octanol–water partition coefficient (Wildman–Crippen LogP) is 4.73. The SMILES string of the molecule is CC(O[Si](C)(C)C(C)(C)C)[C@H]1C(=O)NC1[C@@H](C)C(=O)S[C@H]1CCN(C(=O)OCc2ccc([N+](=O)[O-])cc2)C1. The number of likely N-dealkylation sites (tertiary alicyclic amines) is 1. The fraction of sp³-hybridized carbons (Fsp3) is 0.654. The maximum atomic E-state index is 13.1. The molecule has 210 valence electrons. The molecule has 0 radical (unpaired) electrons. The van der Waals surface area contributed by atoms with Crippen molar-refractivity contribution in [1.82, 2.24) is 10.2 Å². The van der Waals surface area contributed by atoms with Crippen LogP contribution in [0.4, 0.5) is 10.5 Å². The van der Waals surface area contributed by atoms with Gasteiger partial charge in [-0.15, -0.1) is 0 Å². The highest BCUT2D eigenvalue weighted by Gasteiger charge is 2.50. The van der Waals surface area contributed by atoms with Gasteiger partial charge in [-0.2, -0.15) is 0 Å². The Morgan fingerprint density at radius 3 is 2.42 bits per heavy atom. The summed E-state index contributed by atoms with van der Waals surface area (Å²) in [5.41, 5.74) is 0.630. The molecule has 2 aliphatic heterocycles. The zero-order valence-corrected chi connectivity index (χ0v) is 25.0. The number of nitro benzene ring substituents is 1. The van der Waals surface area contributed by atoms with E-state index in [9.17, 15) is 24.5 Å². The Hall–Kier alpha value is -2.44. The largest absolute Gasteiger partial charge is 0.445 e. The number of nitrogens with one attached hydrogen (secondary N) is 1. The number of non-ortho nitro benzene ring substituents is 1. The maximum absolute atomic E-state index is 13.1. The monoisotopic (exact) mass is 565 g/mol. The standard InChI is InChI=1S/C26H39N3O7SSi/c1-16(22-21(23(30)27-22)17(2)36-38(6,7)26(3,4)5)24(31)37-20-12-13-28(14-20)25(32)35-15-18-8-10-19(11-9-18)29(33)34/h8-11,16-17,20-22H,12-15H2,1-7H3,(H,27,30)/t16-,17?,20+,21-,22?/m1/s1. The van der Waals surface area contributed by atoms with Gasteiger partial charge < -0.3 is 19.4 Å². The molecule has 0 aliphatic carbocycles. The minimum absolute atomic E-state index is 0.00868. The normalized spacial score (nSPS) is 23.3. The van der Waals surface area contributed by atoms with Crippen molar-refractivity contribution >= 4 is 42.9 Å². The number of carbonyl (C=O) groups excluding carboxylic acids is 3. The molecule has 1 aromatic rings. The van der Waals surface area contributed by atoms with Gasteiger partial charge in [-0.25, -0.2) is 4.79 Å². The second kappa shape index (κ2) is 11.7. The molecule has 0 bridgehead atoms. The van der Waals surface area contributed by atoms with Crippen LogP contribution in [0.25, 0.3) is 0 Å². The number of hydrogen-bond acceptors (Lipinski definition) is 8. The molecule has 1 N–H and O–H groups in total. The maximum Gasteiger partial charge on any atom is 0.410 e. The summed E-state index contributed by atoms with van der Waals surface area (Å²) in [6.45, 7) is 15.4. The lowest BCUT2D eigenvalue weighted by Gasteiger charge is -2.46. The van der Waals surface area contributed by atoms with Crippen LogP contribution < -0.4 is 5.32 Å². The number of amides is 2. The van der Waals surface area contributed by atoms with Crippen molar-refractivity contribution < 1.29 is 28.5 Å². The van der Waals surface area contributed by atoms with Crippen LogP contribution in [-0.2, 0) is 25.4 Å². The van der Waals surface area contributed by atoms with Gasteiger partial charge in [-0.1, -0.05) is 39.5 Å². The quantitative estimate of drug-likeness (QED) is 0.197. The molecule has 3 rings (SSSR count). The lowest BCUT2D eigenvalue weighted by Crippen LogP contribution is -2.66. The van der Waals surface area contributed by atoms with Crippen molar-refractivity contribution in [2.24, 2.45) is 11.8 Å². The van der Waals surface area contributed by atoms with Gasteiger partial charge in [0.1, 0.15) is 6.61 Å². The van der Waals surface area contributed by atoms with E-state index >= 15 is 0 Å². The molecule has 0 saturated carbocycles. The Balaban J connectivity index is 1.48. The molecule has 2 saturated heterocycles. The molecule has 12 heteroatoms. The Bertz CT molecular complexity index is 1060. The molecular formula is C26H39N3O7SSi. The van der Waals surface area contributed by atoms with Gasteiger partial charge >= 0.3 is 6.09 Å². The van der Waals surface area contributed by atoms with Gasteiger partial charge in [0.2, 0.25) is 5.91 Å². The van der Waals surface area contributed by atoms with Gasteiger partial charge in [0.05, 0.1) is 23.0 Å². The molecule has 2 unspecified atom stereocenters. The minimum Gasteiger partial charge on any atom is -0.445 e. The van der Waals surface area contributed by atoms with E-state index in [1.54, 1.807) is 17.0 Å². The number of carbonyl (C=O) groups is 3. The van der Waals surface area contributed by atoms with Crippen LogP contribution in [0.5, 0.6) is 0 Å². The molecule has 5 atom stereocenters. The number of hydrogen-bond donors (Lipinski definition) is 1. The van der Waals surface area contributed by atoms with E-state index in [-0.39, 0.29) is 57.6 Å². The summed E-state index contributed by atoms with van der Waals surface area (Å²) in [4.78, 5) is 49.9. The number of β-lactam (4-membered cyclic amide) rings is 1. The van der Waals surface area contributed by atoms with Crippen molar-refractivity contribution in [2.75, 3.05) is 13.1 Å². The molecule has 2 amide bonds. The highest BCUT2D eigenvalue weighted by atomic mass is 32.2. The van der Waals surface area contributed by atoms with Crippen LogP contribution >= 0.6 is 11.8 Å². The number of thioether (sulfide) groups is 1. The van der Waals surface area contributed by atoms with Crippen LogP contribution in [0.15, 0.2) is 24.3 Å². The zero-order chi connectivity index (χ0) is 28.4. The molecule has 10 nitrogen and oxygen atoms in total. The van der Waals surface area contributed by atoms with Crippen molar-refractivity contribution in [1.29, 1.82) is 0 Å².